The van der Waals surface area contributed by atoms with Gasteiger partial charge in [-0.2, -0.15) is 0 Å². The van der Waals surface area contributed by atoms with Gasteiger partial charge in [-0.05, 0) is 89.9 Å². The summed E-state index contributed by atoms with van der Waals surface area (Å²) in [6, 6.07) is 0. The van der Waals surface area contributed by atoms with E-state index < -0.39 is 24.3 Å². The molecule has 0 spiro atoms. The molecule has 384 valence electrons. The Bertz CT molecular complexity index is 1370. The van der Waals surface area contributed by atoms with Crippen molar-refractivity contribution >= 4 is 17.9 Å². The molecule has 0 saturated carbocycles. The fourth-order valence-electron chi connectivity index (χ4n) is 7.01. The smallest absolute Gasteiger partial charge is 0.361 e. The predicted octanol–water partition coefficient (Wildman–Crippen LogP) is 15.2. The number of hydrogen-bond donors (Lipinski definition) is 1. The molecular weight excluding hydrogens is 839 g/mol. The van der Waals surface area contributed by atoms with Crippen molar-refractivity contribution in [1.82, 2.24) is 0 Å². The molecule has 1 N–H and O–H groups in total. The molecule has 2 unspecified atom stereocenters. The van der Waals surface area contributed by atoms with Crippen molar-refractivity contribution < 1.29 is 42.9 Å². The van der Waals surface area contributed by atoms with E-state index in [1.54, 1.807) is 0 Å². The van der Waals surface area contributed by atoms with Gasteiger partial charge in [0.05, 0.1) is 34.4 Å². The molecule has 0 aromatic carbocycles. The van der Waals surface area contributed by atoms with Crippen LogP contribution in [0.1, 0.15) is 206 Å². The summed E-state index contributed by atoms with van der Waals surface area (Å²) in [5.41, 5.74) is 0. The number of carboxylic acid groups (broad SMARTS) is 1. The fraction of sp³-hybridized carbons (Fsp3) is 0.707. The minimum absolute atomic E-state index is 0.180. The van der Waals surface area contributed by atoms with E-state index >= 15 is 0 Å². The molecule has 0 rings (SSSR count). The predicted molar refractivity (Wildman–Crippen MR) is 281 cm³/mol. The van der Waals surface area contributed by atoms with Gasteiger partial charge in [-0.3, -0.25) is 9.59 Å². The van der Waals surface area contributed by atoms with Crippen LogP contribution in [0.5, 0.6) is 0 Å². The fourth-order valence-corrected chi connectivity index (χ4v) is 7.01. The number of carbonyl (C=O) groups excluding carboxylic acids is 2. The summed E-state index contributed by atoms with van der Waals surface area (Å²) in [4.78, 5) is 37.3. The topological polar surface area (TPSA) is 108 Å². The second-order valence-electron chi connectivity index (χ2n) is 18.8. The lowest BCUT2D eigenvalue weighted by atomic mass is 10.1. The summed E-state index contributed by atoms with van der Waals surface area (Å²) in [5, 5.41) is 9.68. The van der Waals surface area contributed by atoms with Gasteiger partial charge in [-0.25, -0.2) is 4.79 Å². The summed E-state index contributed by atoms with van der Waals surface area (Å²) >= 11 is 0. The molecule has 9 heteroatoms. The van der Waals surface area contributed by atoms with Crippen LogP contribution in [0.2, 0.25) is 0 Å². The van der Waals surface area contributed by atoms with Crippen LogP contribution in [-0.2, 0) is 33.3 Å². The normalized spacial score (nSPS) is 13.5. The van der Waals surface area contributed by atoms with E-state index in [0.29, 0.717) is 23.9 Å². The number of aliphatic carboxylic acids is 1. The molecule has 9 nitrogen and oxygen atoms in total. The number of carbonyl (C=O) groups is 3. The van der Waals surface area contributed by atoms with Gasteiger partial charge in [0.25, 0.3) is 6.29 Å². The Morgan fingerprint density at radius 3 is 1.27 bits per heavy atom. The number of ether oxygens (including phenoxy) is 4. The van der Waals surface area contributed by atoms with Crippen LogP contribution in [0.15, 0.2) is 85.1 Å². The molecule has 0 saturated heterocycles. The Morgan fingerprint density at radius 2 is 0.851 bits per heavy atom. The Balaban J connectivity index is 4.36. The molecule has 0 amide bonds. The first-order chi connectivity index (χ1) is 32.6. The van der Waals surface area contributed by atoms with Crippen LogP contribution >= 0.6 is 0 Å². The van der Waals surface area contributed by atoms with Crippen molar-refractivity contribution in [2.75, 3.05) is 47.5 Å². The van der Waals surface area contributed by atoms with E-state index in [9.17, 15) is 19.5 Å². The third-order valence-electron chi connectivity index (χ3n) is 11.1. The van der Waals surface area contributed by atoms with Crippen molar-refractivity contribution in [2.45, 2.75) is 219 Å². The summed E-state index contributed by atoms with van der Waals surface area (Å²) in [6.45, 7) is 4.71. The van der Waals surface area contributed by atoms with E-state index in [2.05, 4.69) is 98.9 Å². The Kier molecular flexibility index (Phi) is 46.3. The van der Waals surface area contributed by atoms with Gasteiger partial charge in [-0.1, -0.05) is 189 Å². The minimum Gasteiger partial charge on any atom is -0.477 e. The first kappa shape index (κ1) is 63.5. The first-order valence-corrected chi connectivity index (χ1v) is 26.8. The Labute approximate surface area is 410 Å². The zero-order valence-electron chi connectivity index (χ0n) is 43.5. The van der Waals surface area contributed by atoms with Gasteiger partial charge in [0.2, 0.25) is 0 Å². The third kappa shape index (κ3) is 50.2. The van der Waals surface area contributed by atoms with Crippen LogP contribution in [-0.4, -0.2) is 87.4 Å². The molecule has 67 heavy (non-hydrogen) atoms. The van der Waals surface area contributed by atoms with Crippen LogP contribution in [0.25, 0.3) is 0 Å². The number of esters is 2. The van der Waals surface area contributed by atoms with Gasteiger partial charge in [-0.15, -0.1) is 0 Å². The van der Waals surface area contributed by atoms with Gasteiger partial charge in [0.15, 0.2) is 6.10 Å². The van der Waals surface area contributed by atoms with Crippen LogP contribution < -0.4 is 0 Å². The molecule has 2 atom stereocenters. The lowest BCUT2D eigenvalue weighted by Gasteiger charge is -2.25. The number of allylic oxidation sites excluding steroid dienone is 14. The van der Waals surface area contributed by atoms with Crippen molar-refractivity contribution in [2.24, 2.45) is 0 Å². The number of rotatable bonds is 48. The first-order valence-electron chi connectivity index (χ1n) is 26.8. The average Bonchev–Trinajstić information content (AvgIpc) is 3.29. The highest BCUT2D eigenvalue weighted by atomic mass is 16.7. The van der Waals surface area contributed by atoms with Crippen molar-refractivity contribution in [1.29, 1.82) is 0 Å². The lowest BCUT2D eigenvalue weighted by molar-refractivity contribution is -0.870. The summed E-state index contributed by atoms with van der Waals surface area (Å²) in [7, 11) is 5.95. The zero-order chi connectivity index (χ0) is 49.2. The number of quaternary nitrogens is 1. The van der Waals surface area contributed by atoms with E-state index in [1.807, 2.05) is 21.1 Å². The third-order valence-corrected chi connectivity index (χ3v) is 11.1. The number of likely N-dealkylation sites (N-methyl/N-ethyl adjacent to an activating group) is 1. The highest BCUT2D eigenvalue weighted by Crippen LogP contribution is 2.14. The Hall–Kier alpha value is -3.53. The summed E-state index contributed by atoms with van der Waals surface area (Å²) in [5.74, 6) is -2.03. The van der Waals surface area contributed by atoms with Crippen molar-refractivity contribution in [3.05, 3.63) is 85.1 Å². The molecule has 0 radical (unpaired) electrons. The quantitative estimate of drug-likeness (QED) is 0.0211. The zero-order valence-corrected chi connectivity index (χ0v) is 43.5. The second-order valence-corrected chi connectivity index (χ2v) is 18.8. The van der Waals surface area contributed by atoms with Gasteiger partial charge in [0, 0.05) is 12.8 Å². The summed E-state index contributed by atoms with van der Waals surface area (Å²) in [6.07, 6.45) is 60.7. The SMILES string of the molecule is CC/C=C\C/C=C\C/C=C\C/C=C\C/C=C\CCCCCCCCCC(=O)OC(COC(=O)CCCCCCCCCCC/C=C\C/C=C\CCCCC)COC(OCC[N+](C)(C)C)C(=O)O. The number of hydrogen-bond acceptors (Lipinski definition) is 7. The molecule has 0 aliphatic heterocycles. The number of nitrogens with zero attached hydrogens (tertiary/aromatic N) is 1. The standard InChI is InChI=1S/C58H99NO8/c1-6-8-10-12-14-16-18-20-22-24-26-27-28-29-31-33-35-37-39-41-43-45-47-49-56(61)67-54(53-66-58(57(62)63)64-51-50-59(3,4)5)52-65-55(60)48-46-44-42-40-38-36-34-32-30-25-23-21-19-17-15-13-11-9-7-2/h8,10,14-17,20-23,26-27,29,31,54,58H,6-7,9,11-13,18-19,24-25,28,30,32-53H2,1-5H3/p+1/b10-8-,16-14-,17-15-,22-20-,23-21-,27-26-,31-29-. The molecule has 0 fully saturated rings. The van der Waals surface area contributed by atoms with Crippen LogP contribution in [0.4, 0.5) is 0 Å². The highest BCUT2D eigenvalue weighted by Gasteiger charge is 2.25. The molecule has 0 aromatic heterocycles. The van der Waals surface area contributed by atoms with Crippen LogP contribution in [0, 0.1) is 0 Å². The molecule has 0 heterocycles. The average molecular weight is 939 g/mol. The maximum atomic E-state index is 12.8. The van der Waals surface area contributed by atoms with E-state index in [-0.39, 0.29) is 32.2 Å². The number of unbranched alkanes of at least 4 members (excludes halogenated alkanes) is 19. The van der Waals surface area contributed by atoms with E-state index in [4.69, 9.17) is 18.9 Å². The minimum atomic E-state index is -1.52. The monoisotopic (exact) mass is 939 g/mol. The lowest BCUT2D eigenvalue weighted by Crippen LogP contribution is -2.40. The van der Waals surface area contributed by atoms with Crippen molar-refractivity contribution in [3.63, 3.8) is 0 Å². The second kappa shape index (κ2) is 48.9. The molecule has 0 aliphatic rings. The maximum Gasteiger partial charge on any atom is 0.361 e. The number of carboxylic acids is 1. The van der Waals surface area contributed by atoms with Gasteiger partial charge >= 0.3 is 17.9 Å². The van der Waals surface area contributed by atoms with E-state index in [1.165, 1.54) is 89.9 Å². The van der Waals surface area contributed by atoms with Gasteiger partial charge in [0.1, 0.15) is 13.2 Å². The molecule has 0 aliphatic carbocycles. The van der Waals surface area contributed by atoms with E-state index in [0.717, 1.165) is 83.5 Å². The Morgan fingerprint density at radius 1 is 0.463 bits per heavy atom. The van der Waals surface area contributed by atoms with Crippen molar-refractivity contribution in [3.8, 4) is 0 Å². The molecule has 0 bridgehead atoms. The molecule has 0 aromatic rings. The largest absolute Gasteiger partial charge is 0.477 e. The molecular formula is C58H100NO8+. The highest BCUT2D eigenvalue weighted by molar-refractivity contribution is 5.71. The van der Waals surface area contributed by atoms with Crippen LogP contribution in [0.3, 0.4) is 0 Å². The maximum absolute atomic E-state index is 12.8. The van der Waals surface area contributed by atoms with Gasteiger partial charge < -0.3 is 28.5 Å². The summed E-state index contributed by atoms with van der Waals surface area (Å²) < 4.78 is 22.8.